The third kappa shape index (κ3) is 5.06. The van der Waals surface area contributed by atoms with E-state index in [1.54, 1.807) is 13.0 Å². The van der Waals surface area contributed by atoms with Gasteiger partial charge in [-0.15, -0.1) is 0 Å². The summed E-state index contributed by atoms with van der Waals surface area (Å²) >= 11 is 0. The third-order valence-electron chi connectivity index (χ3n) is 14.0. The number of allylic oxidation sites excluding steroid dienone is 4. The zero-order chi connectivity index (χ0) is 41.6. The Balaban J connectivity index is 1.31. The van der Waals surface area contributed by atoms with E-state index in [-0.39, 0.29) is 30.5 Å². The molecule has 4 fully saturated rings. The first kappa shape index (κ1) is 37.9. The predicted octanol–water partition coefficient (Wildman–Crippen LogP) is 8.83. The van der Waals surface area contributed by atoms with Gasteiger partial charge in [0.15, 0.2) is 22.7 Å². The number of imidazole rings is 1. The fraction of sp³-hybridized carbons (Fsp3) is 0.479. The lowest BCUT2D eigenvalue weighted by molar-refractivity contribution is -0.206. The molecule has 306 valence electrons. The fourth-order valence-electron chi connectivity index (χ4n) is 11.7. The van der Waals surface area contributed by atoms with Crippen molar-refractivity contribution in [3.05, 3.63) is 82.0 Å². The Kier molecular flexibility index (Phi) is 8.11. The van der Waals surface area contributed by atoms with Gasteiger partial charge >= 0.3 is 11.9 Å². The van der Waals surface area contributed by atoms with Crippen LogP contribution in [0.5, 0.6) is 17.2 Å². The van der Waals surface area contributed by atoms with Crippen LogP contribution in [0.3, 0.4) is 0 Å². The van der Waals surface area contributed by atoms with Crippen molar-refractivity contribution < 1.29 is 38.1 Å². The molecule has 7 unspecified atom stereocenters. The van der Waals surface area contributed by atoms with Gasteiger partial charge in [-0.25, -0.2) is 14.8 Å². The number of methoxy groups -OCH3 is 1. The van der Waals surface area contributed by atoms with Gasteiger partial charge < -0.3 is 28.3 Å². The smallest absolute Gasteiger partial charge is 0.333 e. The minimum absolute atomic E-state index is 0.0622. The minimum atomic E-state index is -1.50. The van der Waals surface area contributed by atoms with Gasteiger partial charge in [-0.2, -0.15) is 0 Å². The maximum atomic E-state index is 15.7. The van der Waals surface area contributed by atoms with Crippen molar-refractivity contribution in [1.82, 2.24) is 9.55 Å². The second-order valence-corrected chi connectivity index (χ2v) is 18.8. The molecule has 1 spiro atoms. The lowest BCUT2D eigenvalue weighted by Crippen LogP contribution is -2.79. The van der Waals surface area contributed by atoms with Crippen molar-refractivity contribution in [1.29, 1.82) is 0 Å². The molecular formula is C48H51N3O8. The van der Waals surface area contributed by atoms with Crippen molar-refractivity contribution in [3.8, 4) is 17.2 Å². The number of para-hydroxylation sites is 2. The number of hydrogen-bond donors (Lipinski definition) is 0. The first-order chi connectivity index (χ1) is 28.0. The summed E-state index contributed by atoms with van der Waals surface area (Å²) in [5, 5.41) is 0. The van der Waals surface area contributed by atoms with E-state index in [1.807, 2.05) is 38.1 Å². The van der Waals surface area contributed by atoms with Crippen LogP contribution in [0.2, 0.25) is 0 Å². The van der Waals surface area contributed by atoms with Gasteiger partial charge in [0.2, 0.25) is 5.95 Å². The number of hydrogen-bond acceptors (Lipinski definition) is 10. The molecular weight excluding hydrogens is 747 g/mol. The highest BCUT2D eigenvalue weighted by Crippen LogP contribution is 2.74. The number of ketones is 1. The van der Waals surface area contributed by atoms with Crippen LogP contribution in [0, 0.1) is 17.8 Å². The lowest BCUT2D eigenvalue weighted by atomic mass is 9.44. The molecule has 59 heavy (non-hydrogen) atoms. The van der Waals surface area contributed by atoms with Gasteiger partial charge in [-0.05, 0) is 105 Å². The third-order valence-corrected chi connectivity index (χ3v) is 14.0. The van der Waals surface area contributed by atoms with E-state index in [0.29, 0.717) is 59.3 Å². The maximum Gasteiger partial charge on any atom is 0.333 e. The highest BCUT2D eigenvalue weighted by molar-refractivity contribution is 6.16. The Bertz CT molecular complexity index is 2600. The largest absolute Gasteiger partial charge is 0.482 e. The topological polar surface area (TPSA) is 128 Å². The molecule has 5 aliphatic heterocycles. The van der Waals surface area contributed by atoms with E-state index in [0.717, 1.165) is 39.7 Å². The number of carbonyl (C=O) groups excluding carboxylic acids is 3. The molecule has 11 heteroatoms. The van der Waals surface area contributed by atoms with E-state index < -0.39 is 46.3 Å². The van der Waals surface area contributed by atoms with Crippen LogP contribution >= 0.6 is 0 Å². The first-order valence-corrected chi connectivity index (χ1v) is 20.9. The molecule has 6 heterocycles. The summed E-state index contributed by atoms with van der Waals surface area (Å²) in [6.45, 7) is 16.2. The van der Waals surface area contributed by atoms with Crippen molar-refractivity contribution >= 4 is 46.0 Å². The second-order valence-electron chi connectivity index (χ2n) is 18.8. The quantitative estimate of drug-likeness (QED) is 0.0951. The molecule has 3 saturated carbocycles. The molecule has 3 aliphatic carbocycles. The summed E-state index contributed by atoms with van der Waals surface area (Å²) in [6, 6.07) is 7.50. The molecule has 11 nitrogen and oxygen atoms in total. The zero-order valence-electron chi connectivity index (χ0n) is 35.3. The van der Waals surface area contributed by atoms with Gasteiger partial charge in [0.1, 0.15) is 17.1 Å². The molecule has 0 amide bonds. The maximum absolute atomic E-state index is 15.7. The molecule has 1 saturated heterocycles. The summed E-state index contributed by atoms with van der Waals surface area (Å²) in [6.07, 6.45) is 10.9. The number of fused-ring (bicyclic) bond motifs is 6. The summed E-state index contributed by atoms with van der Waals surface area (Å²) in [5.41, 5.74) is 3.71. The number of aromatic nitrogens is 2. The Morgan fingerprint density at radius 2 is 1.71 bits per heavy atom. The Labute approximate surface area is 344 Å². The van der Waals surface area contributed by atoms with E-state index in [9.17, 15) is 9.59 Å². The Morgan fingerprint density at radius 3 is 2.46 bits per heavy atom. The lowest BCUT2D eigenvalue weighted by Gasteiger charge is -2.64. The molecule has 3 aromatic rings. The fourth-order valence-corrected chi connectivity index (χ4v) is 11.7. The second kappa shape index (κ2) is 12.6. The van der Waals surface area contributed by atoms with Crippen molar-refractivity contribution in [2.24, 2.45) is 22.7 Å². The molecule has 7 atom stereocenters. The van der Waals surface area contributed by atoms with E-state index in [2.05, 4.69) is 57.4 Å². The molecule has 0 N–H and O–H groups in total. The van der Waals surface area contributed by atoms with Crippen LogP contribution in [0.4, 0.5) is 5.95 Å². The van der Waals surface area contributed by atoms with Gasteiger partial charge in [0.25, 0.3) is 0 Å². The predicted molar refractivity (Wildman–Crippen MR) is 222 cm³/mol. The van der Waals surface area contributed by atoms with Crippen molar-refractivity contribution in [2.75, 3.05) is 7.11 Å². The van der Waals surface area contributed by atoms with Crippen molar-refractivity contribution in [2.45, 2.75) is 122 Å². The number of aliphatic imine (C=N–C) groups is 1. The number of Topliss-reactive ketones (excluding diaryl/α,β-unsaturated/α-hetero) is 1. The Morgan fingerprint density at radius 1 is 0.966 bits per heavy atom. The highest BCUT2D eigenvalue weighted by Gasteiger charge is 2.86. The summed E-state index contributed by atoms with van der Waals surface area (Å²) in [4.78, 5) is 52.9. The van der Waals surface area contributed by atoms with E-state index in [4.69, 9.17) is 33.7 Å². The molecule has 8 aliphatic rings. The van der Waals surface area contributed by atoms with Crippen LogP contribution in [0.25, 0.3) is 16.6 Å². The average Bonchev–Trinajstić information content (AvgIpc) is 3.61. The molecule has 0 radical (unpaired) electrons. The number of carbonyl (C=O) groups is 3. The minimum Gasteiger partial charge on any atom is -0.482 e. The summed E-state index contributed by atoms with van der Waals surface area (Å²) < 4.78 is 35.9. The average molecular weight is 798 g/mol. The van der Waals surface area contributed by atoms with Crippen LogP contribution in [0.1, 0.15) is 110 Å². The monoisotopic (exact) mass is 797 g/mol. The highest BCUT2D eigenvalue weighted by atomic mass is 16.6. The number of rotatable bonds is 8. The first-order valence-electron chi connectivity index (χ1n) is 20.9. The van der Waals surface area contributed by atoms with E-state index in [1.165, 1.54) is 12.7 Å². The van der Waals surface area contributed by atoms with Crippen LogP contribution < -0.4 is 14.2 Å². The number of benzene rings is 2. The van der Waals surface area contributed by atoms with Crippen molar-refractivity contribution in [3.63, 3.8) is 0 Å². The van der Waals surface area contributed by atoms with Gasteiger partial charge in [-0.3, -0.25) is 9.59 Å². The number of ether oxygens (including phenoxy) is 5. The van der Waals surface area contributed by atoms with Crippen LogP contribution in [-0.4, -0.2) is 62.5 Å². The normalized spacial score (nSPS) is 31.0. The van der Waals surface area contributed by atoms with Crippen LogP contribution in [0.15, 0.2) is 70.3 Å². The molecule has 4 bridgehead atoms. The number of nitrogens with zero attached hydrogens (tertiary/aromatic N) is 3. The standard InChI is InChI=1S/C48H51N3O8/c1-24(2)13-12-19-46(8)23-27-21-33(52)56-41-34(27)39(57-46)28(17-16-25(3)4)40-35(41)37-36-38(51-31-15-11-10-14-30(31)49-44(51)50-37)29-22-32-45(6,7)59-47(42(29)53,48(32,36)58-40)20-18-26(5)43(54)55-9/h10-11,13-16,18,23,29,32,36,38H,12,17,19-22H2,1-9H3. The molecule has 1 aromatic heterocycles. The van der Waals surface area contributed by atoms with Gasteiger partial charge in [0.05, 0.1) is 59.0 Å². The summed E-state index contributed by atoms with van der Waals surface area (Å²) in [7, 11) is 1.35. The SMILES string of the molecule is COC(=O)C(C)=CCC12OC(C)(C)C3CC(C1=O)C1C4C(=Nc5nc6ccccc6n51)c1c(c(CC=C(C)C)c5c6c1OC(=O)CC6=CC(C)(CCC=C(C)C)O5)OC432. The zero-order valence-corrected chi connectivity index (χ0v) is 35.3. The van der Waals surface area contributed by atoms with E-state index >= 15 is 4.79 Å². The van der Waals surface area contributed by atoms with Gasteiger partial charge in [-0.1, -0.05) is 41.5 Å². The molecule has 2 aromatic carbocycles. The number of esters is 2. The Hall–Kier alpha value is -5.29. The van der Waals surface area contributed by atoms with Crippen LogP contribution in [-0.2, 0) is 30.3 Å². The molecule has 11 rings (SSSR count). The summed E-state index contributed by atoms with van der Waals surface area (Å²) in [5.74, 6) is -0.221. The van der Waals surface area contributed by atoms with Gasteiger partial charge in [0, 0.05) is 29.4 Å².